The molecule has 0 spiro atoms. The van der Waals surface area contributed by atoms with Crippen LogP contribution in [0.4, 0.5) is 13.2 Å². The van der Waals surface area contributed by atoms with Gasteiger partial charge in [-0.1, -0.05) is 24.2 Å². The summed E-state index contributed by atoms with van der Waals surface area (Å²) in [7, 11) is -3.93. The first-order chi connectivity index (χ1) is 13.1. The lowest BCUT2D eigenvalue weighted by atomic mass is 10.1. The average molecular weight is 414 g/mol. The molecule has 1 aromatic carbocycles. The van der Waals surface area contributed by atoms with Gasteiger partial charge in [0.2, 0.25) is 15.8 Å². The number of aryl methyl sites for hydroxylation is 2. The van der Waals surface area contributed by atoms with Gasteiger partial charge in [0.15, 0.2) is 0 Å². The van der Waals surface area contributed by atoms with Crippen molar-refractivity contribution < 1.29 is 30.5 Å². The van der Waals surface area contributed by atoms with E-state index < -0.39 is 22.0 Å². The maximum atomic E-state index is 12.8. The van der Waals surface area contributed by atoms with Crippen molar-refractivity contribution in [2.24, 2.45) is 0 Å². The molecule has 1 N–H and O–H groups in total. The molecule has 0 radical (unpaired) electrons. The summed E-state index contributed by atoms with van der Waals surface area (Å²) in [5, 5.41) is 3.40. The first kappa shape index (κ1) is 20.2. The second-order valence-electron chi connectivity index (χ2n) is 6.09. The third-order valence-electron chi connectivity index (χ3n) is 4.06. The number of halogens is 3. The van der Waals surface area contributed by atoms with Gasteiger partial charge in [-0.25, -0.2) is 13.1 Å². The van der Waals surface area contributed by atoms with Crippen molar-refractivity contribution in [2.75, 3.05) is 0 Å². The molecule has 28 heavy (non-hydrogen) atoms. The number of nitrogens with one attached hydrogen (secondary N) is 1. The Morgan fingerprint density at radius 2 is 1.89 bits per heavy atom. The second kappa shape index (κ2) is 7.44. The lowest BCUT2D eigenvalue weighted by molar-refractivity contribution is -0.155. The van der Waals surface area contributed by atoms with E-state index in [1.54, 1.807) is 32.0 Å². The zero-order valence-electron chi connectivity index (χ0n) is 15.0. The molecule has 0 unspecified atom stereocenters. The van der Waals surface area contributed by atoms with Crippen LogP contribution in [0.25, 0.3) is 11.3 Å². The van der Waals surface area contributed by atoms with E-state index in [1.165, 1.54) is 12.1 Å². The van der Waals surface area contributed by atoms with Crippen molar-refractivity contribution in [3.8, 4) is 11.3 Å². The van der Waals surface area contributed by atoms with Gasteiger partial charge >= 0.3 is 6.18 Å². The molecule has 2 heterocycles. The number of hydrogen-bond donors (Lipinski definition) is 1. The van der Waals surface area contributed by atoms with Crippen molar-refractivity contribution >= 4 is 10.0 Å². The van der Waals surface area contributed by atoms with Crippen molar-refractivity contribution in [1.29, 1.82) is 0 Å². The van der Waals surface area contributed by atoms with E-state index in [9.17, 15) is 21.6 Å². The van der Waals surface area contributed by atoms with Crippen LogP contribution < -0.4 is 4.72 Å². The van der Waals surface area contributed by atoms with Crippen LogP contribution in [0.3, 0.4) is 0 Å². The third-order valence-corrected chi connectivity index (χ3v) is 5.54. The highest BCUT2D eigenvalue weighted by atomic mass is 32.2. The Hall–Kier alpha value is -2.59. The molecule has 2 aromatic heterocycles. The highest BCUT2D eigenvalue weighted by molar-refractivity contribution is 7.89. The van der Waals surface area contributed by atoms with E-state index in [1.807, 2.05) is 0 Å². The minimum atomic E-state index is -4.67. The van der Waals surface area contributed by atoms with Crippen molar-refractivity contribution in [2.45, 2.75) is 37.9 Å². The highest BCUT2D eigenvalue weighted by Gasteiger charge is 2.36. The molecule has 0 saturated heterocycles. The number of hydrogen-bond acceptors (Lipinski definition) is 5. The number of alkyl halides is 3. The van der Waals surface area contributed by atoms with Gasteiger partial charge < -0.3 is 8.94 Å². The predicted octanol–water partition coefficient (Wildman–Crippen LogP) is 4.30. The molecule has 10 heteroatoms. The third kappa shape index (κ3) is 4.28. The molecule has 0 fully saturated rings. The zero-order chi connectivity index (χ0) is 20.5. The van der Waals surface area contributed by atoms with Crippen LogP contribution in [0.5, 0.6) is 0 Å². The number of rotatable bonds is 6. The Labute approximate surface area is 159 Å². The topological polar surface area (TPSA) is 85.3 Å². The summed E-state index contributed by atoms with van der Waals surface area (Å²) in [6, 6.07) is 8.44. The summed E-state index contributed by atoms with van der Waals surface area (Å²) in [5.41, 5.74) is 0.616. The molecular formula is C18H17F3N2O4S. The van der Waals surface area contributed by atoms with Crippen LogP contribution in [-0.4, -0.2) is 13.6 Å². The van der Waals surface area contributed by atoms with E-state index in [-0.39, 0.29) is 22.7 Å². The van der Waals surface area contributed by atoms with Crippen molar-refractivity contribution in [3.05, 3.63) is 59.2 Å². The summed E-state index contributed by atoms with van der Waals surface area (Å²) >= 11 is 0. The molecule has 3 rings (SSSR count). The summed E-state index contributed by atoms with van der Waals surface area (Å²) in [5.74, 6) is -0.156. The zero-order valence-corrected chi connectivity index (χ0v) is 15.8. The summed E-state index contributed by atoms with van der Waals surface area (Å²) < 4.78 is 75.8. The molecule has 0 amide bonds. The average Bonchev–Trinajstić information content (AvgIpc) is 3.28. The predicted molar refractivity (Wildman–Crippen MR) is 93.8 cm³/mol. The van der Waals surface area contributed by atoms with Gasteiger partial charge in [-0.05, 0) is 37.1 Å². The van der Waals surface area contributed by atoms with Gasteiger partial charge in [0.1, 0.15) is 17.2 Å². The molecule has 0 aliphatic rings. The SMILES string of the molecule is CCc1ccc(-c2cc(C(F)(F)F)on2)cc1S(=O)(=O)NCc1ccc(C)o1. The number of nitrogens with zero attached hydrogens (tertiary/aromatic N) is 1. The first-order valence-corrected chi connectivity index (χ1v) is 9.80. The van der Waals surface area contributed by atoms with Crippen LogP contribution in [0.15, 0.2) is 50.2 Å². The number of furan rings is 1. The van der Waals surface area contributed by atoms with Crippen LogP contribution in [0.2, 0.25) is 0 Å². The van der Waals surface area contributed by atoms with Crippen LogP contribution in [-0.2, 0) is 29.2 Å². The highest BCUT2D eigenvalue weighted by Crippen LogP contribution is 2.33. The lowest BCUT2D eigenvalue weighted by Gasteiger charge is -2.11. The van der Waals surface area contributed by atoms with Crippen LogP contribution >= 0.6 is 0 Å². The molecule has 6 nitrogen and oxygen atoms in total. The van der Waals surface area contributed by atoms with Gasteiger partial charge in [0.25, 0.3) is 0 Å². The summed E-state index contributed by atoms with van der Waals surface area (Å²) in [6.07, 6.45) is -4.25. The maximum absolute atomic E-state index is 12.8. The lowest BCUT2D eigenvalue weighted by Crippen LogP contribution is -2.24. The Morgan fingerprint density at radius 1 is 1.14 bits per heavy atom. The van der Waals surface area contributed by atoms with Crippen molar-refractivity contribution in [1.82, 2.24) is 9.88 Å². The molecule has 0 aliphatic heterocycles. The quantitative estimate of drug-likeness (QED) is 0.650. The van der Waals surface area contributed by atoms with Gasteiger partial charge in [0, 0.05) is 11.6 Å². The molecule has 0 saturated carbocycles. The fourth-order valence-electron chi connectivity index (χ4n) is 2.62. The minimum Gasteiger partial charge on any atom is -0.465 e. The van der Waals surface area contributed by atoms with E-state index in [0.717, 1.165) is 6.07 Å². The molecule has 150 valence electrons. The van der Waals surface area contributed by atoms with Crippen LogP contribution in [0.1, 0.15) is 29.8 Å². The van der Waals surface area contributed by atoms with Crippen LogP contribution in [0, 0.1) is 6.92 Å². The molecular weight excluding hydrogens is 397 g/mol. The summed E-state index contributed by atoms with van der Waals surface area (Å²) in [4.78, 5) is -0.0349. The number of aromatic nitrogens is 1. The Kier molecular flexibility index (Phi) is 5.35. The van der Waals surface area contributed by atoms with E-state index >= 15 is 0 Å². The first-order valence-electron chi connectivity index (χ1n) is 8.32. The smallest absolute Gasteiger partial charge is 0.452 e. The maximum Gasteiger partial charge on any atom is 0.452 e. The largest absolute Gasteiger partial charge is 0.465 e. The minimum absolute atomic E-state index is 0.0349. The Bertz CT molecular complexity index is 1080. The molecule has 0 atom stereocenters. The Balaban J connectivity index is 1.93. The van der Waals surface area contributed by atoms with E-state index in [2.05, 4.69) is 14.4 Å². The summed E-state index contributed by atoms with van der Waals surface area (Å²) in [6.45, 7) is 3.47. The monoisotopic (exact) mass is 414 g/mol. The number of sulfonamides is 1. The van der Waals surface area contributed by atoms with Gasteiger partial charge in [-0.2, -0.15) is 13.2 Å². The fourth-order valence-corrected chi connectivity index (χ4v) is 3.95. The molecule has 0 bridgehead atoms. The van der Waals surface area contributed by atoms with E-state index in [4.69, 9.17) is 4.42 Å². The van der Waals surface area contributed by atoms with Gasteiger partial charge in [-0.3, -0.25) is 0 Å². The van der Waals surface area contributed by atoms with Crippen molar-refractivity contribution in [3.63, 3.8) is 0 Å². The second-order valence-corrected chi connectivity index (χ2v) is 7.82. The normalized spacial score (nSPS) is 12.5. The standard InChI is InChI=1S/C18H17F3N2O4S/c1-3-12-5-6-13(15-9-17(27-23-15)18(19,20)21)8-16(12)28(24,25)22-10-14-7-4-11(2)26-14/h4-9,22H,3,10H2,1-2H3. The number of benzene rings is 1. The molecule has 3 aromatic rings. The fraction of sp³-hybridized carbons (Fsp3) is 0.278. The van der Waals surface area contributed by atoms with Gasteiger partial charge in [0.05, 0.1) is 11.4 Å². The van der Waals surface area contributed by atoms with E-state index in [0.29, 0.717) is 23.5 Å². The Morgan fingerprint density at radius 3 is 2.46 bits per heavy atom. The van der Waals surface area contributed by atoms with Gasteiger partial charge in [-0.15, -0.1) is 0 Å². The molecule has 0 aliphatic carbocycles.